The number of rotatable bonds is 5. The molecule has 26 heavy (non-hydrogen) atoms. The van der Waals surface area contributed by atoms with Crippen molar-refractivity contribution in [2.75, 3.05) is 19.7 Å². The van der Waals surface area contributed by atoms with E-state index in [1.807, 2.05) is 0 Å². The van der Waals surface area contributed by atoms with Crippen molar-refractivity contribution in [1.82, 2.24) is 9.62 Å². The SMILES string of the molecule is NC(=O)NC(=O)COC(=O)C1CCCN(S(=O)(=O)c2ccc(F)cc2)C1. The molecular weight excluding hydrogens is 369 g/mol. The Morgan fingerprint density at radius 2 is 1.92 bits per heavy atom. The summed E-state index contributed by atoms with van der Waals surface area (Å²) in [6.07, 6.45) is 0.819. The third-order valence-electron chi connectivity index (χ3n) is 3.78. The molecule has 1 heterocycles. The van der Waals surface area contributed by atoms with Crippen molar-refractivity contribution in [2.45, 2.75) is 17.7 Å². The van der Waals surface area contributed by atoms with Crippen molar-refractivity contribution < 1.29 is 31.9 Å². The van der Waals surface area contributed by atoms with Crippen LogP contribution in [-0.2, 0) is 24.3 Å². The second-order valence-electron chi connectivity index (χ2n) is 5.68. The van der Waals surface area contributed by atoms with E-state index in [4.69, 9.17) is 10.5 Å². The van der Waals surface area contributed by atoms with Crippen LogP contribution >= 0.6 is 0 Å². The first-order valence-corrected chi connectivity index (χ1v) is 9.16. The molecule has 3 N–H and O–H groups in total. The lowest BCUT2D eigenvalue weighted by molar-refractivity contribution is -0.153. The van der Waals surface area contributed by atoms with E-state index in [1.54, 1.807) is 5.32 Å². The Balaban J connectivity index is 1.99. The number of carbonyl (C=O) groups is 3. The number of benzene rings is 1. The van der Waals surface area contributed by atoms with Crippen LogP contribution in [0.5, 0.6) is 0 Å². The van der Waals surface area contributed by atoms with Crippen LogP contribution in [0.25, 0.3) is 0 Å². The second kappa shape index (κ2) is 8.23. The minimum atomic E-state index is -3.87. The molecule has 1 aliphatic heterocycles. The van der Waals surface area contributed by atoms with Gasteiger partial charge in [-0.2, -0.15) is 4.31 Å². The highest BCUT2D eigenvalue weighted by molar-refractivity contribution is 7.89. The lowest BCUT2D eigenvalue weighted by atomic mass is 10.0. The molecule has 0 spiro atoms. The molecule has 1 aromatic rings. The molecule has 1 aromatic carbocycles. The van der Waals surface area contributed by atoms with Gasteiger partial charge in [-0.05, 0) is 37.1 Å². The molecule has 1 unspecified atom stereocenters. The Labute approximate surface area is 149 Å². The average Bonchev–Trinajstić information content (AvgIpc) is 2.59. The predicted octanol–water partition coefficient (Wildman–Crippen LogP) is -0.0355. The lowest BCUT2D eigenvalue weighted by Crippen LogP contribution is -2.43. The van der Waals surface area contributed by atoms with E-state index in [-0.39, 0.29) is 18.0 Å². The highest BCUT2D eigenvalue weighted by Crippen LogP contribution is 2.24. The first-order valence-electron chi connectivity index (χ1n) is 7.72. The number of nitrogens with zero attached hydrogens (tertiary/aromatic N) is 1. The Kier molecular flexibility index (Phi) is 6.27. The molecule has 0 bridgehead atoms. The second-order valence-corrected chi connectivity index (χ2v) is 7.61. The molecule has 1 atom stereocenters. The number of urea groups is 1. The maximum atomic E-state index is 13.0. The van der Waals surface area contributed by atoms with Gasteiger partial charge in [-0.25, -0.2) is 17.6 Å². The van der Waals surface area contributed by atoms with Gasteiger partial charge in [0.25, 0.3) is 5.91 Å². The zero-order valence-corrected chi connectivity index (χ0v) is 14.5. The fourth-order valence-corrected chi connectivity index (χ4v) is 4.06. The summed E-state index contributed by atoms with van der Waals surface area (Å²) >= 11 is 0. The van der Waals surface area contributed by atoms with E-state index in [9.17, 15) is 27.2 Å². The summed E-state index contributed by atoms with van der Waals surface area (Å²) in [6, 6.07) is 3.32. The Morgan fingerprint density at radius 3 is 2.54 bits per heavy atom. The van der Waals surface area contributed by atoms with Gasteiger partial charge >= 0.3 is 12.0 Å². The standard InChI is InChI=1S/C15H18FN3O6S/c16-11-3-5-12(6-4-11)26(23,24)19-7-1-2-10(8-19)14(21)25-9-13(20)18-15(17)22/h3-6,10H,1-2,7-9H2,(H3,17,18,20,22). The summed E-state index contributed by atoms with van der Waals surface area (Å²) in [4.78, 5) is 33.7. The summed E-state index contributed by atoms with van der Waals surface area (Å²) in [5.74, 6) is -2.93. The topological polar surface area (TPSA) is 136 Å². The fraction of sp³-hybridized carbons (Fsp3) is 0.400. The highest BCUT2D eigenvalue weighted by atomic mass is 32.2. The number of nitrogens with two attached hydrogens (primary N) is 1. The van der Waals surface area contributed by atoms with Crippen molar-refractivity contribution in [3.05, 3.63) is 30.1 Å². The number of amides is 3. The number of nitrogens with one attached hydrogen (secondary N) is 1. The molecule has 0 aromatic heterocycles. The van der Waals surface area contributed by atoms with Gasteiger partial charge in [-0.15, -0.1) is 0 Å². The molecule has 1 aliphatic rings. The first-order chi connectivity index (χ1) is 12.2. The summed E-state index contributed by atoms with van der Waals surface area (Å²) in [5, 5.41) is 1.75. The van der Waals surface area contributed by atoms with Crippen LogP contribution in [0.15, 0.2) is 29.2 Å². The van der Waals surface area contributed by atoms with E-state index in [0.717, 1.165) is 28.6 Å². The number of hydrogen-bond acceptors (Lipinski definition) is 6. The van der Waals surface area contributed by atoms with E-state index in [1.165, 1.54) is 0 Å². The van der Waals surface area contributed by atoms with Gasteiger partial charge in [-0.3, -0.25) is 14.9 Å². The minimum Gasteiger partial charge on any atom is -0.455 e. The summed E-state index contributed by atoms with van der Waals surface area (Å²) < 4.78 is 44.1. The third kappa shape index (κ3) is 4.99. The molecular formula is C15H18FN3O6S. The van der Waals surface area contributed by atoms with Crippen LogP contribution in [0, 0.1) is 11.7 Å². The van der Waals surface area contributed by atoms with Crippen LogP contribution in [0.4, 0.5) is 9.18 Å². The first kappa shape index (κ1) is 19.8. The Hall–Kier alpha value is -2.53. The van der Waals surface area contributed by atoms with Crippen molar-refractivity contribution in [3.8, 4) is 0 Å². The van der Waals surface area contributed by atoms with Crippen LogP contribution in [0.2, 0.25) is 0 Å². The maximum absolute atomic E-state index is 13.0. The number of esters is 1. The Morgan fingerprint density at radius 1 is 1.27 bits per heavy atom. The largest absolute Gasteiger partial charge is 0.455 e. The van der Waals surface area contributed by atoms with Crippen LogP contribution < -0.4 is 11.1 Å². The molecule has 1 saturated heterocycles. The van der Waals surface area contributed by atoms with E-state index in [0.29, 0.717) is 12.8 Å². The van der Waals surface area contributed by atoms with Gasteiger partial charge in [0.15, 0.2) is 6.61 Å². The fourth-order valence-electron chi connectivity index (χ4n) is 2.54. The quantitative estimate of drug-likeness (QED) is 0.681. The molecule has 142 valence electrons. The van der Waals surface area contributed by atoms with E-state index < -0.39 is 46.3 Å². The summed E-state index contributed by atoms with van der Waals surface area (Å²) in [5.41, 5.74) is 4.77. The van der Waals surface area contributed by atoms with Crippen LogP contribution in [0.1, 0.15) is 12.8 Å². The van der Waals surface area contributed by atoms with Crippen molar-refractivity contribution in [1.29, 1.82) is 0 Å². The van der Waals surface area contributed by atoms with Crippen LogP contribution in [0.3, 0.4) is 0 Å². The van der Waals surface area contributed by atoms with Gasteiger partial charge in [-0.1, -0.05) is 0 Å². The van der Waals surface area contributed by atoms with Crippen molar-refractivity contribution in [2.24, 2.45) is 11.7 Å². The highest BCUT2D eigenvalue weighted by Gasteiger charge is 2.34. The zero-order valence-electron chi connectivity index (χ0n) is 13.7. The Bertz CT molecular complexity index is 796. The number of imide groups is 1. The number of halogens is 1. The lowest BCUT2D eigenvalue weighted by Gasteiger charge is -2.30. The molecule has 2 rings (SSSR count). The number of piperidine rings is 1. The molecule has 0 radical (unpaired) electrons. The monoisotopic (exact) mass is 387 g/mol. The minimum absolute atomic E-state index is 0.0752. The maximum Gasteiger partial charge on any atom is 0.318 e. The zero-order chi connectivity index (χ0) is 19.3. The smallest absolute Gasteiger partial charge is 0.318 e. The third-order valence-corrected chi connectivity index (χ3v) is 5.66. The van der Waals surface area contributed by atoms with Gasteiger partial charge < -0.3 is 10.5 Å². The molecule has 3 amide bonds. The number of sulfonamides is 1. The summed E-state index contributed by atoms with van der Waals surface area (Å²) in [7, 11) is -3.87. The van der Waals surface area contributed by atoms with Crippen molar-refractivity contribution in [3.63, 3.8) is 0 Å². The normalized spacial score (nSPS) is 18.1. The molecule has 1 fully saturated rings. The van der Waals surface area contributed by atoms with Gasteiger partial charge in [0.05, 0.1) is 10.8 Å². The van der Waals surface area contributed by atoms with Gasteiger partial charge in [0, 0.05) is 13.1 Å². The van der Waals surface area contributed by atoms with Crippen LogP contribution in [-0.4, -0.2) is 50.3 Å². The van der Waals surface area contributed by atoms with E-state index >= 15 is 0 Å². The number of carbonyl (C=O) groups excluding carboxylic acids is 3. The predicted molar refractivity (Wildman–Crippen MR) is 86.6 cm³/mol. The van der Waals surface area contributed by atoms with E-state index in [2.05, 4.69) is 0 Å². The summed E-state index contributed by atoms with van der Waals surface area (Å²) in [6.45, 7) is -0.593. The average molecular weight is 387 g/mol. The molecule has 0 saturated carbocycles. The van der Waals surface area contributed by atoms with Gasteiger partial charge in [0.2, 0.25) is 10.0 Å². The van der Waals surface area contributed by atoms with Crippen molar-refractivity contribution >= 4 is 27.9 Å². The molecule has 11 heteroatoms. The number of ether oxygens (including phenoxy) is 1. The molecule has 0 aliphatic carbocycles. The number of primary amides is 1. The number of hydrogen-bond donors (Lipinski definition) is 2. The molecule has 9 nitrogen and oxygen atoms in total. The van der Waals surface area contributed by atoms with Gasteiger partial charge in [0.1, 0.15) is 5.82 Å².